The molecule has 2 rings (SSSR count). The van der Waals surface area contributed by atoms with Gasteiger partial charge in [0.05, 0.1) is 0 Å². The Bertz CT molecular complexity index is 582. The van der Waals surface area contributed by atoms with E-state index >= 15 is 0 Å². The summed E-state index contributed by atoms with van der Waals surface area (Å²) in [5.74, 6) is 0. The molecule has 0 saturated carbocycles. The number of anilines is 1. The summed E-state index contributed by atoms with van der Waals surface area (Å²) >= 11 is 0. The van der Waals surface area contributed by atoms with Crippen molar-refractivity contribution in [3.63, 3.8) is 0 Å². The van der Waals surface area contributed by atoms with Crippen molar-refractivity contribution in [1.82, 2.24) is 4.90 Å². The minimum atomic E-state index is 0.506. The first-order chi connectivity index (χ1) is 16.4. The predicted octanol–water partition coefficient (Wildman–Crippen LogP) is 10.1. The van der Waals surface area contributed by atoms with Crippen LogP contribution in [0.4, 0.5) is 5.69 Å². The highest BCUT2D eigenvalue weighted by Gasteiger charge is 2.26. The standard InChI is InChI=1S/C31H54N2/c1-3-5-7-9-11-12-13-14-15-17-22-26-31-32(27-23-18-16-10-8-6-4-2)28-29-33(31)30-24-20-19-21-25-30/h19-21,24-25,28-29,31H,3-18,22-23,26-27H2,1-2H3. The van der Waals surface area contributed by atoms with E-state index in [-0.39, 0.29) is 0 Å². The van der Waals surface area contributed by atoms with Gasteiger partial charge in [-0.25, -0.2) is 0 Å². The lowest BCUT2D eigenvalue weighted by Gasteiger charge is -2.33. The second-order valence-corrected chi connectivity index (χ2v) is 10.2. The first-order valence-corrected chi connectivity index (χ1v) is 14.6. The second kappa shape index (κ2) is 18.9. The zero-order valence-electron chi connectivity index (χ0n) is 22.2. The number of rotatable bonds is 21. The van der Waals surface area contributed by atoms with Crippen molar-refractivity contribution in [2.24, 2.45) is 0 Å². The largest absolute Gasteiger partial charge is 0.356 e. The van der Waals surface area contributed by atoms with Gasteiger partial charge < -0.3 is 9.80 Å². The van der Waals surface area contributed by atoms with E-state index in [0.29, 0.717) is 6.17 Å². The number of para-hydroxylation sites is 1. The van der Waals surface area contributed by atoms with Crippen LogP contribution in [0.25, 0.3) is 0 Å². The van der Waals surface area contributed by atoms with E-state index in [9.17, 15) is 0 Å². The van der Waals surface area contributed by atoms with Gasteiger partial charge in [0, 0.05) is 24.6 Å². The third kappa shape index (κ3) is 12.0. The highest BCUT2D eigenvalue weighted by molar-refractivity contribution is 5.51. The lowest BCUT2D eigenvalue weighted by Crippen LogP contribution is -2.39. The summed E-state index contributed by atoms with van der Waals surface area (Å²) in [6.45, 7) is 5.81. The van der Waals surface area contributed by atoms with Crippen molar-refractivity contribution in [3.05, 3.63) is 42.7 Å². The Morgan fingerprint density at radius 3 is 1.58 bits per heavy atom. The average Bonchev–Trinajstić information content (AvgIpc) is 3.25. The van der Waals surface area contributed by atoms with E-state index in [0.717, 1.165) is 0 Å². The molecule has 0 bridgehead atoms. The van der Waals surface area contributed by atoms with Gasteiger partial charge in [0.25, 0.3) is 0 Å². The molecule has 0 aromatic heterocycles. The molecule has 0 aliphatic carbocycles. The smallest absolute Gasteiger partial charge is 0.105 e. The first-order valence-electron chi connectivity index (χ1n) is 14.6. The summed E-state index contributed by atoms with van der Waals surface area (Å²) in [5, 5.41) is 0. The molecule has 0 N–H and O–H groups in total. The van der Waals surface area contributed by atoms with Gasteiger partial charge in [-0.2, -0.15) is 0 Å². The molecule has 1 atom stereocenters. The number of benzene rings is 1. The van der Waals surface area contributed by atoms with Crippen molar-refractivity contribution in [3.8, 4) is 0 Å². The van der Waals surface area contributed by atoms with Crippen LogP contribution in [0.5, 0.6) is 0 Å². The van der Waals surface area contributed by atoms with Crippen LogP contribution in [0, 0.1) is 0 Å². The highest BCUT2D eigenvalue weighted by Crippen LogP contribution is 2.28. The third-order valence-electron chi connectivity index (χ3n) is 7.26. The predicted molar refractivity (Wildman–Crippen MR) is 148 cm³/mol. The molecule has 0 fully saturated rings. The van der Waals surface area contributed by atoms with Crippen molar-refractivity contribution in [1.29, 1.82) is 0 Å². The van der Waals surface area contributed by atoms with E-state index < -0.39 is 0 Å². The minimum Gasteiger partial charge on any atom is -0.356 e. The van der Waals surface area contributed by atoms with Crippen LogP contribution in [-0.2, 0) is 0 Å². The fraction of sp³-hybridized carbons (Fsp3) is 0.742. The number of hydrogen-bond donors (Lipinski definition) is 0. The Morgan fingerprint density at radius 2 is 1.03 bits per heavy atom. The van der Waals surface area contributed by atoms with Crippen LogP contribution in [0.2, 0.25) is 0 Å². The van der Waals surface area contributed by atoms with E-state index in [4.69, 9.17) is 0 Å². The number of unbranched alkanes of at least 4 members (excludes halogenated alkanes) is 16. The van der Waals surface area contributed by atoms with Crippen molar-refractivity contribution >= 4 is 5.69 Å². The molecule has 2 heteroatoms. The summed E-state index contributed by atoms with van der Waals surface area (Å²) in [6, 6.07) is 11.0. The molecule has 33 heavy (non-hydrogen) atoms. The van der Waals surface area contributed by atoms with E-state index in [2.05, 4.69) is 66.4 Å². The fourth-order valence-electron chi connectivity index (χ4n) is 5.15. The van der Waals surface area contributed by atoms with E-state index in [1.807, 2.05) is 0 Å². The topological polar surface area (TPSA) is 6.48 Å². The summed E-state index contributed by atoms with van der Waals surface area (Å²) < 4.78 is 0. The van der Waals surface area contributed by atoms with Gasteiger partial charge in [-0.05, 0) is 31.4 Å². The Balaban J connectivity index is 1.66. The Kier molecular flexibility index (Phi) is 15.9. The zero-order chi connectivity index (χ0) is 23.4. The third-order valence-corrected chi connectivity index (χ3v) is 7.26. The van der Waals surface area contributed by atoms with Crippen LogP contribution in [0.1, 0.15) is 136 Å². The maximum Gasteiger partial charge on any atom is 0.105 e. The summed E-state index contributed by atoms with van der Waals surface area (Å²) in [4.78, 5) is 5.13. The van der Waals surface area contributed by atoms with Gasteiger partial charge >= 0.3 is 0 Å². The molecule has 0 radical (unpaired) electrons. The van der Waals surface area contributed by atoms with Crippen molar-refractivity contribution in [2.75, 3.05) is 11.4 Å². The fourth-order valence-corrected chi connectivity index (χ4v) is 5.15. The van der Waals surface area contributed by atoms with E-state index in [1.54, 1.807) is 0 Å². The summed E-state index contributed by atoms with van der Waals surface area (Å²) in [6.07, 6.45) is 31.7. The Hall–Kier alpha value is -1.44. The van der Waals surface area contributed by atoms with Gasteiger partial charge in [-0.3, -0.25) is 0 Å². The van der Waals surface area contributed by atoms with Gasteiger partial charge in [0.1, 0.15) is 6.17 Å². The van der Waals surface area contributed by atoms with Crippen LogP contribution in [0.3, 0.4) is 0 Å². The summed E-state index contributed by atoms with van der Waals surface area (Å²) in [5.41, 5.74) is 1.34. The highest BCUT2D eigenvalue weighted by atomic mass is 15.4. The molecule has 188 valence electrons. The molecule has 0 amide bonds. The van der Waals surface area contributed by atoms with Gasteiger partial charge in [-0.15, -0.1) is 0 Å². The van der Waals surface area contributed by atoms with Crippen LogP contribution >= 0.6 is 0 Å². The van der Waals surface area contributed by atoms with Crippen molar-refractivity contribution in [2.45, 2.75) is 142 Å². The molecule has 1 unspecified atom stereocenters. The number of hydrogen-bond acceptors (Lipinski definition) is 2. The molecule has 0 saturated heterocycles. The van der Waals surface area contributed by atoms with E-state index in [1.165, 1.54) is 134 Å². The molecule has 0 spiro atoms. The van der Waals surface area contributed by atoms with Crippen LogP contribution in [0.15, 0.2) is 42.7 Å². The van der Waals surface area contributed by atoms with Crippen LogP contribution in [-0.4, -0.2) is 17.6 Å². The lowest BCUT2D eigenvalue weighted by atomic mass is 10.0. The minimum absolute atomic E-state index is 0.506. The molecular formula is C31H54N2. The lowest BCUT2D eigenvalue weighted by molar-refractivity contribution is 0.273. The quantitative estimate of drug-likeness (QED) is 0.170. The molecule has 1 heterocycles. The molecule has 1 aromatic carbocycles. The Labute approximate surface area is 206 Å². The average molecular weight is 455 g/mol. The van der Waals surface area contributed by atoms with Crippen molar-refractivity contribution < 1.29 is 0 Å². The molecule has 2 nitrogen and oxygen atoms in total. The monoisotopic (exact) mass is 454 g/mol. The SMILES string of the molecule is CCCCCCCCCCCCCC1N(CCCCCCCCC)C=CN1c1ccccc1. The number of nitrogens with zero attached hydrogens (tertiary/aromatic N) is 2. The zero-order valence-corrected chi connectivity index (χ0v) is 22.2. The Morgan fingerprint density at radius 1 is 0.545 bits per heavy atom. The molecule has 1 aliphatic rings. The van der Waals surface area contributed by atoms with Crippen LogP contribution < -0.4 is 4.90 Å². The molecular weight excluding hydrogens is 400 g/mol. The first kappa shape index (κ1) is 27.8. The normalized spacial score (nSPS) is 15.6. The maximum atomic E-state index is 2.62. The van der Waals surface area contributed by atoms with Gasteiger partial charge in [0.15, 0.2) is 0 Å². The van der Waals surface area contributed by atoms with Gasteiger partial charge in [0.2, 0.25) is 0 Å². The summed E-state index contributed by atoms with van der Waals surface area (Å²) in [7, 11) is 0. The molecule has 1 aliphatic heterocycles. The van der Waals surface area contributed by atoms with Gasteiger partial charge in [-0.1, -0.05) is 135 Å². The second-order valence-electron chi connectivity index (χ2n) is 10.2. The maximum absolute atomic E-state index is 2.62. The molecule has 1 aromatic rings.